The maximum absolute atomic E-state index is 12.3. The van der Waals surface area contributed by atoms with Crippen LogP contribution in [0.4, 0.5) is 0 Å². The summed E-state index contributed by atoms with van der Waals surface area (Å²) in [6.07, 6.45) is 1.53. The van der Waals surface area contributed by atoms with Crippen LogP contribution < -0.4 is 5.32 Å². The van der Waals surface area contributed by atoms with Crippen molar-refractivity contribution in [1.82, 2.24) is 10.3 Å². The fourth-order valence-corrected chi connectivity index (χ4v) is 3.21. The first-order chi connectivity index (χ1) is 11.7. The Morgan fingerprint density at radius 2 is 2.00 bits per heavy atom. The van der Waals surface area contributed by atoms with Crippen molar-refractivity contribution in [3.05, 3.63) is 58.3 Å². The molecule has 3 rings (SSSR count). The molecule has 124 valence electrons. The Labute approximate surface area is 145 Å². The molecule has 0 unspecified atom stereocenters. The molecule has 0 aliphatic carbocycles. The van der Waals surface area contributed by atoms with Crippen molar-refractivity contribution in [2.75, 3.05) is 6.54 Å². The minimum absolute atomic E-state index is 0.0472. The topological polar surface area (TPSA) is 61.8 Å². The van der Waals surface area contributed by atoms with Gasteiger partial charge in [-0.2, -0.15) is 5.10 Å². The molecule has 1 aromatic carbocycles. The highest BCUT2D eigenvalue weighted by molar-refractivity contribution is 7.09. The van der Waals surface area contributed by atoms with Crippen LogP contribution in [0.3, 0.4) is 0 Å². The van der Waals surface area contributed by atoms with Gasteiger partial charge in [0.25, 0.3) is 5.91 Å². The van der Waals surface area contributed by atoms with Gasteiger partial charge in [-0.25, -0.2) is 5.01 Å². The van der Waals surface area contributed by atoms with E-state index in [4.69, 9.17) is 0 Å². The summed E-state index contributed by atoms with van der Waals surface area (Å²) in [5.74, 6) is -0.230. The summed E-state index contributed by atoms with van der Waals surface area (Å²) in [5, 5.41) is 10.6. The standard InChI is InChI=1S/C18H19N3O2S/c22-17-9-8-16(18(23)19-11-10-15-7-4-12-24-15)20-21(17)13-14-5-2-1-3-6-14/h1-7,12H,8-11,13H2,(H,19,23). The molecule has 6 heteroatoms. The van der Waals surface area contributed by atoms with Gasteiger partial charge in [0, 0.05) is 24.3 Å². The van der Waals surface area contributed by atoms with Gasteiger partial charge in [0.2, 0.25) is 5.91 Å². The third-order valence-electron chi connectivity index (χ3n) is 3.78. The van der Waals surface area contributed by atoms with E-state index >= 15 is 0 Å². The quantitative estimate of drug-likeness (QED) is 0.878. The second-order valence-electron chi connectivity index (χ2n) is 5.57. The molecule has 5 nitrogen and oxygen atoms in total. The summed E-state index contributed by atoms with van der Waals surface area (Å²) in [4.78, 5) is 25.5. The molecule has 0 bridgehead atoms. The number of hydrogen-bond acceptors (Lipinski definition) is 4. The molecule has 24 heavy (non-hydrogen) atoms. The maximum atomic E-state index is 12.3. The summed E-state index contributed by atoms with van der Waals surface area (Å²) in [7, 11) is 0. The van der Waals surface area contributed by atoms with Crippen molar-refractivity contribution in [1.29, 1.82) is 0 Å². The number of carbonyl (C=O) groups excluding carboxylic acids is 2. The summed E-state index contributed by atoms with van der Waals surface area (Å²) in [6, 6.07) is 13.7. The molecule has 2 amide bonds. The SMILES string of the molecule is O=C(NCCc1cccs1)C1=NN(Cc2ccccc2)C(=O)CC1. The number of carbonyl (C=O) groups is 2. The van der Waals surface area contributed by atoms with Crippen LogP contribution in [0.15, 0.2) is 52.9 Å². The number of rotatable bonds is 6. The van der Waals surface area contributed by atoms with Crippen LogP contribution in [0.2, 0.25) is 0 Å². The largest absolute Gasteiger partial charge is 0.351 e. The Balaban J connectivity index is 1.58. The second-order valence-corrected chi connectivity index (χ2v) is 6.60. The fraction of sp³-hybridized carbons (Fsp3) is 0.278. The van der Waals surface area contributed by atoms with Crippen molar-refractivity contribution >= 4 is 28.9 Å². The van der Waals surface area contributed by atoms with E-state index in [1.54, 1.807) is 11.3 Å². The van der Waals surface area contributed by atoms with Crippen molar-refractivity contribution in [2.45, 2.75) is 25.8 Å². The molecule has 1 N–H and O–H groups in total. The molecular formula is C18H19N3O2S. The normalized spacial score (nSPS) is 14.4. The molecule has 0 saturated carbocycles. The van der Waals surface area contributed by atoms with Crippen molar-refractivity contribution < 1.29 is 9.59 Å². The van der Waals surface area contributed by atoms with Crippen LogP contribution in [0.1, 0.15) is 23.3 Å². The van der Waals surface area contributed by atoms with E-state index in [-0.39, 0.29) is 11.8 Å². The zero-order valence-corrected chi connectivity index (χ0v) is 14.1. The maximum Gasteiger partial charge on any atom is 0.267 e. The highest BCUT2D eigenvalue weighted by atomic mass is 32.1. The van der Waals surface area contributed by atoms with Crippen molar-refractivity contribution in [2.24, 2.45) is 5.10 Å². The third-order valence-corrected chi connectivity index (χ3v) is 4.72. The van der Waals surface area contributed by atoms with Gasteiger partial charge in [-0.05, 0) is 23.4 Å². The van der Waals surface area contributed by atoms with E-state index < -0.39 is 0 Å². The molecule has 2 aromatic rings. The van der Waals surface area contributed by atoms with Crippen LogP contribution in [-0.2, 0) is 22.6 Å². The zero-order valence-electron chi connectivity index (χ0n) is 13.3. The molecule has 0 radical (unpaired) electrons. The number of nitrogens with zero attached hydrogens (tertiary/aromatic N) is 2. The van der Waals surface area contributed by atoms with Gasteiger partial charge >= 0.3 is 0 Å². The van der Waals surface area contributed by atoms with Crippen LogP contribution in [-0.4, -0.2) is 29.1 Å². The number of hydrogen-bond donors (Lipinski definition) is 1. The van der Waals surface area contributed by atoms with E-state index in [1.165, 1.54) is 9.89 Å². The Kier molecular flexibility index (Phi) is 5.38. The molecule has 1 aliphatic heterocycles. The van der Waals surface area contributed by atoms with Gasteiger partial charge < -0.3 is 5.32 Å². The Morgan fingerprint density at radius 3 is 2.75 bits per heavy atom. The Hall–Kier alpha value is -2.47. The molecule has 0 spiro atoms. The molecule has 0 fully saturated rings. The second kappa shape index (κ2) is 7.88. The first-order valence-corrected chi connectivity index (χ1v) is 8.82. The highest BCUT2D eigenvalue weighted by Gasteiger charge is 2.24. The molecule has 0 atom stereocenters. The van der Waals surface area contributed by atoms with Crippen molar-refractivity contribution in [3.8, 4) is 0 Å². The van der Waals surface area contributed by atoms with Crippen LogP contribution in [0.25, 0.3) is 0 Å². The van der Waals surface area contributed by atoms with E-state index in [2.05, 4.69) is 16.5 Å². The van der Waals surface area contributed by atoms with Crippen LogP contribution >= 0.6 is 11.3 Å². The number of nitrogens with one attached hydrogen (secondary N) is 1. The lowest BCUT2D eigenvalue weighted by Gasteiger charge is -2.23. The number of amides is 2. The smallest absolute Gasteiger partial charge is 0.267 e. The first kappa shape index (κ1) is 16.4. The minimum Gasteiger partial charge on any atom is -0.351 e. The lowest BCUT2D eigenvalue weighted by atomic mass is 10.1. The van der Waals surface area contributed by atoms with Gasteiger partial charge in [0.1, 0.15) is 5.71 Å². The third kappa shape index (κ3) is 4.29. The summed E-state index contributed by atoms with van der Waals surface area (Å²) in [6.45, 7) is 0.969. The average Bonchev–Trinajstić information content (AvgIpc) is 3.11. The van der Waals surface area contributed by atoms with Crippen molar-refractivity contribution in [3.63, 3.8) is 0 Å². The average molecular weight is 341 g/mol. The predicted octanol–water partition coefficient (Wildman–Crippen LogP) is 2.59. The van der Waals surface area contributed by atoms with E-state index in [9.17, 15) is 9.59 Å². The summed E-state index contributed by atoms with van der Waals surface area (Å²) in [5.41, 5.74) is 1.42. The monoisotopic (exact) mass is 341 g/mol. The van der Waals surface area contributed by atoms with Gasteiger partial charge in [0.15, 0.2) is 0 Å². The van der Waals surface area contributed by atoms with Gasteiger partial charge in [-0.3, -0.25) is 9.59 Å². The fourth-order valence-electron chi connectivity index (χ4n) is 2.50. The Morgan fingerprint density at radius 1 is 1.17 bits per heavy atom. The molecular weight excluding hydrogens is 322 g/mol. The van der Waals surface area contributed by atoms with Gasteiger partial charge in [-0.1, -0.05) is 36.4 Å². The van der Waals surface area contributed by atoms with Crippen LogP contribution in [0, 0.1) is 0 Å². The molecule has 0 saturated heterocycles. The van der Waals surface area contributed by atoms with Crippen LogP contribution in [0.5, 0.6) is 0 Å². The van der Waals surface area contributed by atoms with E-state index in [1.807, 2.05) is 41.8 Å². The van der Waals surface area contributed by atoms with E-state index in [0.717, 1.165) is 12.0 Å². The Bertz CT molecular complexity index is 726. The zero-order chi connectivity index (χ0) is 16.8. The summed E-state index contributed by atoms with van der Waals surface area (Å²) >= 11 is 1.68. The van der Waals surface area contributed by atoms with Gasteiger partial charge in [-0.15, -0.1) is 11.3 Å². The predicted molar refractivity (Wildman–Crippen MR) is 94.7 cm³/mol. The van der Waals surface area contributed by atoms with E-state index in [0.29, 0.717) is 31.6 Å². The van der Waals surface area contributed by atoms with Gasteiger partial charge in [0.05, 0.1) is 6.54 Å². The number of thiophene rings is 1. The summed E-state index contributed by atoms with van der Waals surface area (Å²) < 4.78 is 0. The molecule has 1 aliphatic rings. The minimum atomic E-state index is -0.183. The number of hydrazone groups is 1. The molecule has 1 aromatic heterocycles. The highest BCUT2D eigenvalue weighted by Crippen LogP contribution is 2.14. The first-order valence-electron chi connectivity index (χ1n) is 7.95. The molecule has 2 heterocycles. The lowest BCUT2D eigenvalue weighted by Crippen LogP contribution is -2.39. The lowest BCUT2D eigenvalue weighted by molar-refractivity contribution is -0.132. The number of benzene rings is 1.